The molecule has 1 aliphatic rings. The van der Waals surface area contributed by atoms with Crippen molar-refractivity contribution in [1.29, 1.82) is 0 Å². The van der Waals surface area contributed by atoms with E-state index in [4.69, 9.17) is 24.0 Å². The van der Waals surface area contributed by atoms with Gasteiger partial charge in [0.2, 0.25) is 5.78 Å². The fourth-order valence-corrected chi connectivity index (χ4v) is 4.40. The monoisotopic (exact) mass is 588 g/mol. The minimum atomic E-state index is -0.711. The van der Waals surface area contributed by atoms with Crippen molar-refractivity contribution in [1.82, 2.24) is 9.78 Å². The smallest absolute Gasteiger partial charge is 0.435 e. The third kappa shape index (κ3) is 9.81. The van der Waals surface area contributed by atoms with Crippen LogP contribution in [0.15, 0.2) is 48.6 Å². The molecule has 4 bridgehead atoms. The predicted molar refractivity (Wildman–Crippen MR) is 170 cm³/mol. The molecule has 0 unspecified atom stereocenters. The van der Waals surface area contributed by atoms with E-state index in [1.165, 1.54) is 4.68 Å². The summed E-state index contributed by atoms with van der Waals surface area (Å²) < 4.78 is 24.2. The zero-order valence-corrected chi connectivity index (χ0v) is 26.4. The van der Waals surface area contributed by atoms with Crippen LogP contribution in [-0.2, 0) is 20.6 Å². The van der Waals surface area contributed by atoms with Crippen LogP contribution in [0.3, 0.4) is 0 Å². The number of carbonyl (C=O) groups excluding carboxylic acids is 2. The van der Waals surface area contributed by atoms with Crippen LogP contribution in [0.1, 0.15) is 76.7 Å². The number of aromatic nitrogens is 2. The molecular formula is C35H44N2O6. The van der Waals surface area contributed by atoms with Crippen LogP contribution in [-0.4, -0.2) is 60.3 Å². The second-order valence-corrected chi connectivity index (χ2v) is 11.0. The molecule has 0 amide bonds. The molecule has 8 heteroatoms. The molecule has 0 saturated carbocycles. The van der Waals surface area contributed by atoms with Gasteiger partial charge in [0.25, 0.3) is 0 Å². The molecule has 0 N–H and O–H groups in total. The van der Waals surface area contributed by atoms with Gasteiger partial charge in [-0.1, -0.05) is 38.8 Å². The first-order valence-corrected chi connectivity index (χ1v) is 15.0. The number of ether oxygens (including phenoxy) is 4. The number of ketones is 1. The fraction of sp³-hybridized carbons (Fsp3) is 0.457. The molecule has 8 nitrogen and oxygen atoms in total. The van der Waals surface area contributed by atoms with Gasteiger partial charge in [0, 0.05) is 29.5 Å². The summed E-state index contributed by atoms with van der Waals surface area (Å²) in [6.45, 7) is 18.2. The zero-order chi connectivity index (χ0) is 31.4. The molecule has 230 valence electrons. The number of fused-ring (bicyclic) bond motifs is 4. The Morgan fingerprint density at radius 3 is 2.60 bits per heavy atom. The lowest BCUT2D eigenvalue weighted by atomic mass is 9.98. The van der Waals surface area contributed by atoms with E-state index in [9.17, 15) is 9.59 Å². The van der Waals surface area contributed by atoms with Gasteiger partial charge in [-0.2, -0.15) is 9.78 Å². The van der Waals surface area contributed by atoms with Crippen molar-refractivity contribution in [3.63, 3.8) is 0 Å². The Morgan fingerprint density at radius 1 is 1.07 bits per heavy atom. The van der Waals surface area contributed by atoms with Gasteiger partial charge in [-0.25, -0.2) is 4.79 Å². The third-order valence-electron chi connectivity index (χ3n) is 6.22. The maximum atomic E-state index is 13.2. The normalized spacial score (nSPS) is 13.4. The second kappa shape index (κ2) is 16.1. The van der Waals surface area contributed by atoms with E-state index in [0.29, 0.717) is 67.2 Å². The largest absolute Gasteiger partial charge is 0.491 e. The van der Waals surface area contributed by atoms with Crippen LogP contribution < -0.4 is 4.74 Å². The minimum absolute atomic E-state index is 0.311. The molecule has 0 atom stereocenters. The summed E-state index contributed by atoms with van der Waals surface area (Å²) in [5.74, 6) is 5.90. The fourth-order valence-electron chi connectivity index (χ4n) is 4.40. The molecule has 2 heterocycles. The van der Waals surface area contributed by atoms with E-state index in [2.05, 4.69) is 25.3 Å². The Morgan fingerprint density at radius 2 is 1.86 bits per heavy atom. The van der Waals surface area contributed by atoms with Gasteiger partial charge in [0.05, 0.1) is 25.3 Å². The van der Waals surface area contributed by atoms with E-state index in [1.807, 2.05) is 32.0 Å². The number of hydrogen-bond donors (Lipinski definition) is 0. The first-order valence-electron chi connectivity index (χ1n) is 15.0. The Balaban J connectivity index is 0.00000248. The van der Waals surface area contributed by atoms with E-state index >= 15 is 0 Å². The van der Waals surface area contributed by atoms with Crippen molar-refractivity contribution in [3.05, 3.63) is 59.7 Å². The quantitative estimate of drug-likeness (QED) is 0.123. The van der Waals surface area contributed by atoms with Crippen LogP contribution in [0.4, 0.5) is 4.79 Å². The van der Waals surface area contributed by atoms with E-state index in [0.717, 1.165) is 36.1 Å². The molecule has 43 heavy (non-hydrogen) atoms. The average molecular weight is 589 g/mol. The SMILES string of the molecule is C=C(CCOCCC)Cc1cc2cc(c1)-c1nn(C(=O)OC(C)(C)C)c3ccc(cc13)C(=O)C#CCCOCCO2.CC. The summed E-state index contributed by atoms with van der Waals surface area (Å²) in [6.07, 6.45) is 2.17. The summed E-state index contributed by atoms with van der Waals surface area (Å²) in [4.78, 5) is 26.1. The van der Waals surface area contributed by atoms with Crippen LogP contribution in [0.5, 0.6) is 5.75 Å². The molecule has 2 aromatic carbocycles. The van der Waals surface area contributed by atoms with Crippen LogP contribution >= 0.6 is 0 Å². The average Bonchev–Trinajstić information content (AvgIpc) is 3.35. The topological polar surface area (TPSA) is 88.9 Å². The van der Waals surface area contributed by atoms with Gasteiger partial charge in [0.15, 0.2) is 0 Å². The van der Waals surface area contributed by atoms with Crippen molar-refractivity contribution >= 4 is 22.8 Å². The van der Waals surface area contributed by atoms with Gasteiger partial charge in [-0.3, -0.25) is 4.79 Å². The van der Waals surface area contributed by atoms with Crippen molar-refractivity contribution < 1.29 is 28.5 Å². The maximum Gasteiger partial charge on any atom is 0.435 e. The molecule has 0 fully saturated rings. The molecule has 1 aliphatic heterocycles. The number of nitrogens with zero attached hydrogens (tertiary/aromatic N) is 2. The van der Waals surface area contributed by atoms with E-state index in [1.54, 1.807) is 39.0 Å². The summed E-state index contributed by atoms with van der Waals surface area (Å²) in [6, 6.07) is 11.0. The van der Waals surface area contributed by atoms with Gasteiger partial charge >= 0.3 is 6.09 Å². The van der Waals surface area contributed by atoms with Gasteiger partial charge in [-0.15, -0.1) is 0 Å². The first-order chi connectivity index (χ1) is 20.6. The van der Waals surface area contributed by atoms with E-state index in [-0.39, 0.29) is 5.78 Å². The summed E-state index contributed by atoms with van der Waals surface area (Å²) in [7, 11) is 0. The molecular weight excluding hydrogens is 544 g/mol. The van der Waals surface area contributed by atoms with Crippen LogP contribution in [0.2, 0.25) is 0 Å². The highest BCUT2D eigenvalue weighted by Gasteiger charge is 2.24. The van der Waals surface area contributed by atoms with Gasteiger partial charge in [-0.05, 0) is 87.9 Å². The molecule has 0 saturated heterocycles. The third-order valence-corrected chi connectivity index (χ3v) is 6.22. The number of carbonyl (C=O) groups is 2. The lowest BCUT2D eigenvalue weighted by Gasteiger charge is -2.19. The molecule has 1 aromatic heterocycles. The zero-order valence-electron chi connectivity index (χ0n) is 26.4. The molecule has 0 radical (unpaired) electrons. The second-order valence-electron chi connectivity index (χ2n) is 11.0. The van der Waals surface area contributed by atoms with Gasteiger partial charge in [0.1, 0.15) is 23.7 Å². The van der Waals surface area contributed by atoms with Crippen molar-refractivity contribution in [3.8, 4) is 28.8 Å². The Kier molecular flexibility index (Phi) is 12.5. The molecule has 4 rings (SSSR count). The number of Topliss-reactive ketones (excluding diaryl/α,β-unsaturated/α-hetero) is 1. The number of benzene rings is 2. The molecule has 0 aliphatic carbocycles. The number of hydrogen-bond acceptors (Lipinski definition) is 7. The highest BCUT2D eigenvalue weighted by molar-refractivity contribution is 6.12. The lowest BCUT2D eigenvalue weighted by Crippen LogP contribution is -2.27. The Hall–Kier alpha value is -3.93. The lowest BCUT2D eigenvalue weighted by molar-refractivity contribution is 0.0523. The summed E-state index contributed by atoms with van der Waals surface area (Å²) >= 11 is 0. The van der Waals surface area contributed by atoms with Gasteiger partial charge < -0.3 is 18.9 Å². The van der Waals surface area contributed by atoms with Crippen molar-refractivity contribution in [2.75, 3.05) is 33.0 Å². The van der Waals surface area contributed by atoms with Crippen LogP contribution in [0.25, 0.3) is 22.2 Å². The Labute approximate surface area is 255 Å². The highest BCUT2D eigenvalue weighted by Crippen LogP contribution is 2.33. The van der Waals surface area contributed by atoms with E-state index < -0.39 is 11.7 Å². The molecule has 0 spiro atoms. The Bertz CT molecular complexity index is 1490. The predicted octanol–water partition coefficient (Wildman–Crippen LogP) is 7.41. The minimum Gasteiger partial charge on any atom is -0.491 e. The first kappa shape index (κ1) is 33.6. The molecule has 3 aromatic rings. The number of rotatable bonds is 7. The van der Waals surface area contributed by atoms with Crippen molar-refractivity contribution in [2.45, 2.75) is 72.8 Å². The summed E-state index contributed by atoms with van der Waals surface area (Å²) in [5, 5.41) is 5.33. The highest BCUT2D eigenvalue weighted by atomic mass is 16.6. The summed E-state index contributed by atoms with van der Waals surface area (Å²) in [5.41, 5.74) is 3.51. The van der Waals surface area contributed by atoms with Crippen LogP contribution in [0, 0.1) is 11.8 Å². The standard InChI is InChI=1S/C33H38N2O6.C2H6/c1-6-13-38-15-12-23(2)18-24-19-26-21-27(20-24)40-17-16-39-14-8-7-9-30(36)25-10-11-29-28(22-25)31(26)34-35(29)32(37)41-33(3,4)5;1-2/h10-11,19-22H,2,6,8,12-18H2,1,3-5H3;1-2H3. The maximum absolute atomic E-state index is 13.2. The van der Waals surface area contributed by atoms with Crippen molar-refractivity contribution in [2.24, 2.45) is 0 Å².